The summed E-state index contributed by atoms with van der Waals surface area (Å²) in [5, 5.41) is 20.5. The van der Waals surface area contributed by atoms with E-state index in [-0.39, 0.29) is 18.2 Å². The predicted molar refractivity (Wildman–Crippen MR) is 91.3 cm³/mol. The molecule has 1 atom stereocenters. The summed E-state index contributed by atoms with van der Waals surface area (Å²) in [4.78, 5) is 11.8. The molecule has 0 aliphatic carbocycles. The first-order valence-electron chi connectivity index (χ1n) is 8.30. The molecule has 0 spiro atoms. The van der Waals surface area contributed by atoms with Crippen LogP contribution in [0.4, 0.5) is 0 Å². The van der Waals surface area contributed by atoms with Crippen molar-refractivity contribution < 1.29 is 14.3 Å². The minimum atomic E-state index is -0.390. The lowest BCUT2D eigenvalue weighted by atomic mass is 10.0. The number of carbonyl (C=O) groups is 1. The zero-order valence-corrected chi connectivity index (χ0v) is 14.5. The summed E-state index contributed by atoms with van der Waals surface area (Å²) < 4.78 is 5.59. The molecule has 2 rings (SSSR count). The average Bonchev–Trinajstić information content (AvgIpc) is 3.02. The Bertz CT molecular complexity index is 650. The molecular formula is C18H25N3O3. The molecule has 0 fully saturated rings. The second kappa shape index (κ2) is 8.59. The van der Waals surface area contributed by atoms with Crippen LogP contribution < -0.4 is 5.32 Å². The molecule has 0 aliphatic heterocycles. The molecule has 0 saturated heterocycles. The lowest BCUT2D eigenvalue weighted by Gasteiger charge is -2.14. The normalized spacial score (nSPS) is 12.4. The first-order valence-corrected chi connectivity index (χ1v) is 8.30. The highest BCUT2D eigenvalue weighted by Crippen LogP contribution is 2.18. The van der Waals surface area contributed by atoms with Crippen molar-refractivity contribution in [1.82, 2.24) is 15.5 Å². The van der Waals surface area contributed by atoms with Gasteiger partial charge in [0, 0.05) is 24.9 Å². The fourth-order valence-corrected chi connectivity index (χ4v) is 2.17. The van der Waals surface area contributed by atoms with Crippen LogP contribution in [0.25, 0.3) is 11.5 Å². The molecule has 0 bridgehead atoms. The maximum Gasteiger partial charge on any atom is 0.247 e. The van der Waals surface area contributed by atoms with Crippen LogP contribution in [0.1, 0.15) is 38.1 Å². The molecule has 1 amide bonds. The highest BCUT2D eigenvalue weighted by molar-refractivity contribution is 5.75. The molecule has 24 heavy (non-hydrogen) atoms. The number of nitrogens with zero attached hydrogens (tertiary/aromatic N) is 2. The Kier molecular flexibility index (Phi) is 6.49. The van der Waals surface area contributed by atoms with Gasteiger partial charge in [0.15, 0.2) is 0 Å². The van der Waals surface area contributed by atoms with Gasteiger partial charge in [0.2, 0.25) is 17.7 Å². The average molecular weight is 331 g/mol. The van der Waals surface area contributed by atoms with Gasteiger partial charge in [0.1, 0.15) is 0 Å². The van der Waals surface area contributed by atoms with Gasteiger partial charge in [-0.2, -0.15) is 0 Å². The maximum absolute atomic E-state index is 11.8. The Labute approximate surface area is 142 Å². The number of aliphatic hydroxyl groups is 1. The van der Waals surface area contributed by atoms with Crippen molar-refractivity contribution >= 4 is 5.91 Å². The highest BCUT2D eigenvalue weighted by Gasteiger charge is 2.12. The molecule has 6 nitrogen and oxygen atoms in total. The van der Waals surface area contributed by atoms with Crippen molar-refractivity contribution in [3.05, 3.63) is 35.7 Å². The Morgan fingerprint density at radius 1 is 1.25 bits per heavy atom. The molecule has 1 heterocycles. The third kappa shape index (κ3) is 5.45. The van der Waals surface area contributed by atoms with E-state index in [9.17, 15) is 9.90 Å². The summed E-state index contributed by atoms with van der Waals surface area (Å²) in [6.07, 6.45) is 0.852. The van der Waals surface area contributed by atoms with Gasteiger partial charge < -0.3 is 14.8 Å². The van der Waals surface area contributed by atoms with Gasteiger partial charge in [-0.1, -0.05) is 31.5 Å². The Balaban J connectivity index is 1.76. The van der Waals surface area contributed by atoms with Crippen molar-refractivity contribution in [2.75, 3.05) is 6.54 Å². The summed E-state index contributed by atoms with van der Waals surface area (Å²) in [6, 6.07) is 7.83. The number of hydrogen-bond acceptors (Lipinski definition) is 5. The number of rotatable bonds is 8. The second-order valence-electron chi connectivity index (χ2n) is 6.32. The van der Waals surface area contributed by atoms with E-state index in [2.05, 4.69) is 15.5 Å². The minimum absolute atomic E-state index is 0.0824. The lowest BCUT2D eigenvalue weighted by Crippen LogP contribution is -2.28. The van der Waals surface area contributed by atoms with Gasteiger partial charge in [-0.3, -0.25) is 4.79 Å². The first-order chi connectivity index (χ1) is 11.5. The third-order valence-corrected chi connectivity index (χ3v) is 3.86. The zero-order chi connectivity index (χ0) is 17.5. The van der Waals surface area contributed by atoms with Crippen LogP contribution in [-0.2, 0) is 11.2 Å². The van der Waals surface area contributed by atoms with Crippen molar-refractivity contribution in [2.24, 2.45) is 5.92 Å². The van der Waals surface area contributed by atoms with Gasteiger partial charge in [-0.15, -0.1) is 10.2 Å². The van der Waals surface area contributed by atoms with Crippen LogP contribution in [-0.4, -0.2) is 33.9 Å². The van der Waals surface area contributed by atoms with Crippen molar-refractivity contribution in [3.63, 3.8) is 0 Å². The van der Waals surface area contributed by atoms with Crippen molar-refractivity contribution in [3.8, 4) is 11.5 Å². The summed E-state index contributed by atoms with van der Waals surface area (Å²) in [7, 11) is 0. The van der Waals surface area contributed by atoms with E-state index in [1.165, 1.54) is 0 Å². The summed E-state index contributed by atoms with van der Waals surface area (Å²) in [5.41, 5.74) is 2.03. The molecule has 2 aromatic rings. The number of amides is 1. The van der Waals surface area contributed by atoms with Gasteiger partial charge in [-0.05, 0) is 31.4 Å². The van der Waals surface area contributed by atoms with E-state index in [1.54, 1.807) is 0 Å². The Morgan fingerprint density at radius 2 is 1.96 bits per heavy atom. The summed E-state index contributed by atoms with van der Waals surface area (Å²) in [6.45, 7) is 6.39. The Hall–Kier alpha value is -2.21. The van der Waals surface area contributed by atoms with Crippen LogP contribution in [0.2, 0.25) is 0 Å². The standard InChI is InChI=1S/C18H25N3O3/c1-12(2)15(22)10-11-19-16(23)8-9-17-20-21-18(24-17)14-6-4-13(3)5-7-14/h4-7,12,15,22H,8-11H2,1-3H3,(H,19,23). The molecular weight excluding hydrogens is 306 g/mol. The van der Waals surface area contributed by atoms with E-state index in [0.29, 0.717) is 31.2 Å². The molecule has 2 N–H and O–H groups in total. The highest BCUT2D eigenvalue weighted by atomic mass is 16.4. The van der Waals surface area contributed by atoms with E-state index >= 15 is 0 Å². The van der Waals surface area contributed by atoms with Crippen LogP contribution in [0.15, 0.2) is 28.7 Å². The number of benzene rings is 1. The number of aromatic nitrogens is 2. The molecule has 1 unspecified atom stereocenters. The van der Waals surface area contributed by atoms with E-state index in [4.69, 9.17) is 4.42 Å². The summed E-state index contributed by atoms with van der Waals surface area (Å²) >= 11 is 0. The quantitative estimate of drug-likeness (QED) is 0.776. The fraction of sp³-hybridized carbons (Fsp3) is 0.500. The van der Waals surface area contributed by atoms with Crippen molar-refractivity contribution in [1.29, 1.82) is 0 Å². The Morgan fingerprint density at radius 3 is 2.62 bits per heavy atom. The van der Waals surface area contributed by atoms with Crippen LogP contribution >= 0.6 is 0 Å². The van der Waals surface area contributed by atoms with Gasteiger partial charge in [-0.25, -0.2) is 0 Å². The van der Waals surface area contributed by atoms with Gasteiger partial charge in [0.05, 0.1) is 6.10 Å². The first kappa shape index (κ1) is 18.1. The van der Waals surface area contributed by atoms with Crippen LogP contribution in [0.5, 0.6) is 0 Å². The molecule has 130 valence electrons. The predicted octanol–water partition coefficient (Wildman–Crippen LogP) is 2.50. The minimum Gasteiger partial charge on any atom is -0.421 e. The molecule has 0 aliphatic rings. The number of nitrogens with one attached hydrogen (secondary N) is 1. The van der Waals surface area contributed by atoms with Crippen LogP contribution in [0, 0.1) is 12.8 Å². The summed E-state index contributed by atoms with van der Waals surface area (Å²) in [5.74, 6) is 1.02. The van der Waals surface area contributed by atoms with E-state index < -0.39 is 6.10 Å². The number of carbonyl (C=O) groups excluding carboxylic acids is 1. The van der Waals surface area contributed by atoms with E-state index in [0.717, 1.165) is 11.1 Å². The topological polar surface area (TPSA) is 88.2 Å². The van der Waals surface area contributed by atoms with Crippen molar-refractivity contribution in [2.45, 2.75) is 46.1 Å². The van der Waals surface area contributed by atoms with E-state index in [1.807, 2.05) is 45.0 Å². The molecule has 6 heteroatoms. The number of hydrogen-bond donors (Lipinski definition) is 2. The van der Waals surface area contributed by atoms with Gasteiger partial charge >= 0.3 is 0 Å². The molecule has 1 aromatic carbocycles. The monoisotopic (exact) mass is 331 g/mol. The van der Waals surface area contributed by atoms with Crippen LogP contribution in [0.3, 0.4) is 0 Å². The fourth-order valence-electron chi connectivity index (χ4n) is 2.17. The SMILES string of the molecule is Cc1ccc(-c2nnc(CCC(=O)NCCC(O)C(C)C)o2)cc1. The number of aryl methyl sites for hydroxylation is 2. The molecule has 1 aromatic heterocycles. The molecule has 0 saturated carbocycles. The lowest BCUT2D eigenvalue weighted by molar-refractivity contribution is -0.121. The maximum atomic E-state index is 11.8. The second-order valence-corrected chi connectivity index (χ2v) is 6.32. The third-order valence-electron chi connectivity index (χ3n) is 3.86. The number of aliphatic hydroxyl groups excluding tert-OH is 1. The molecule has 0 radical (unpaired) electrons. The zero-order valence-electron chi connectivity index (χ0n) is 14.5. The smallest absolute Gasteiger partial charge is 0.247 e. The van der Waals surface area contributed by atoms with Gasteiger partial charge in [0.25, 0.3) is 0 Å². The largest absolute Gasteiger partial charge is 0.421 e.